The molecule has 6 heteroatoms. The quantitative estimate of drug-likeness (QED) is 0.533. The van der Waals surface area contributed by atoms with Crippen LogP contribution in [0.4, 0.5) is 13.2 Å². The average molecular weight is 316 g/mol. The Kier molecular flexibility index (Phi) is 3.73. The second kappa shape index (κ2) is 5.72. The van der Waals surface area contributed by atoms with Gasteiger partial charge in [0.2, 0.25) is 0 Å². The molecule has 1 aromatic heterocycles. The summed E-state index contributed by atoms with van der Waals surface area (Å²) in [6.45, 7) is 0. The molecule has 4 rings (SSSR count). The van der Waals surface area contributed by atoms with Gasteiger partial charge in [0.25, 0.3) is 5.56 Å². The number of alkyl halides is 3. The van der Waals surface area contributed by atoms with E-state index in [-0.39, 0.29) is 5.69 Å². The SMILES string of the molecule is O=c1cccnn1-c1ccccc1C(F)(F)F.c1cc2ccc1-2. The molecule has 2 aliphatic carbocycles. The van der Waals surface area contributed by atoms with Gasteiger partial charge in [0.05, 0.1) is 11.3 Å². The third-order valence-corrected chi connectivity index (χ3v) is 3.37. The zero-order valence-corrected chi connectivity index (χ0v) is 11.8. The van der Waals surface area contributed by atoms with Crippen molar-refractivity contribution >= 4 is 0 Å². The molecule has 0 bridgehead atoms. The fourth-order valence-corrected chi connectivity index (χ4v) is 2.10. The molecular weight excluding hydrogens is 305 g/mol. The van der Waals surface area contributed by atoms with Crippen molar-refractivity contribution in [3.05, 3.63) is 82.8 Å². The minimum atomic E-state index is -4.52. The largest absolute Gasteiger partial charge is 0.418 e. The molecule has 0 saturated heterocycles. The first-order chi connectivity index (χ1) is 11.0. The van der Waals surface area contributed by atoms with E-state index in [0.29, 0.717) is 0 Å². The molecule has 0 N–H and O–H groups in total. The van der Waals surface area contributed by atoms with E-state index in [9.17, 15) is 18.0 Å². The standard InChI is InChI=1S/C11H7F3N2O.C6H4/c12-11(13,14)8-4-1-2-5-9(8)16-10(17)6-3-7-15-16;1-2-6-4-3-5(1)6/h1-7H;1-4H. The first kappa shape index (κ1) is 15.0. The summed E-state index contributed by atoms with van der Waals surface area (Å²) in [4.78, 5) is 11.4. The molecule has 2 aliphatic rings. The van der Waals surface area contributed by atoms with E-state index in [0.717, 1.165) is 16.8 Å². The first-order valence-electron chi connectivity index (χ1n) is 6.78. The van der Waals surface area contributed by atoms with Crippen molar-refractivity contribution in [3.63, 3.8) is 0 Å². The molecular formula is C17H11F3N2O. The molecule has 23 heavy (non-hydrogen) atoms. The van der Waals surface area contributed by atoms with Crippen molar-refractivity contribution in [2.45, 2.75) is 6.18 Å². The number of nitrogens with zero attached hydrogens (tertiary/aromatic N) is 2. The van der Waals surface area contributed by atoms with E-state index in [1.165, 1.54) is 41.6 Å². The van der Waals surface area contributed by atoms with Crippen LogP contribution in [0.1, 0.15) is 5.56 Å². The van der Waals surface area contributed by atoms with Gasteiger partial charge in [-0.05, 0) is 29.3 Å². The van der Waals surface area contributed by atoms with Gasteiger partial charge in [-0.3, -0.25) is 4.79 Å². The van der Waals surface area contributed by atoms with Crippen molar-refractivity contribution in [2.75, 3.05) is 0 Å². The summed E-state index contributed by atoms with van der Waals surface area (Å²) in [5.74, 6) is 0. The molecule has 2 aromatic rings. The smallest absolute Gasteiger partial charge is 0.267 e. The maximum atomic E-state index is 12.7. The summed E-state index contributed by atoms with van der Waals surface area (Å²) >= 11 is 0. The number of hydrogen-bond donors (Lipinski definition) is 0. The maximum absolute atomic E-state index is 12.7. The number of fused-ring (bicyclic) bond motifs is 1. The van der Waals surface area contributed by atoms with Crippen LogP contribution in [0.3, 0.4) is 0 Å². The van der Waals surface area contributed by atoms with Gasteiger partial charge in [-0.15, -0.1) is 0 Å². The Labute approximate surface area is 129 Å². The van der Waals surface area contributed by atoms with Crippen LogP contribution in [-0.2, 0) is 6.18 Å². The van der Waals surface area contributed by atoms with Crippen LogP contribution in [0, 0.1) is 0 Å². The van der Waals surface area contributed by atoms with Crippen molar-refractivity contribution in [1.29, 1.82) is 0 Å². The summed E-state index contributed by atoms with van der Waals surface area (Å²) in [7, 11) is 0. The van der Waals surface area contributed by atoms with Gasteiger partial charge >= 0.3 is 6.18 Å². The second-order valence-corrected chi connectivity index (χ2v) is 4.87. The highest BCUT2D eigenvalue weighted by Crippen LogP contribution is 2.32. The lowest BCUT2D eigenvalue weighted by molar-refractivity contribution is -0.137. The van der Waals surface area contributed by atoms with Crippen LogP contribution < -0.4 is 5.56 Å². The van der Waals surface area contributed by atoms with Crippen LogP contribution in [0.5, 0.6) is 0 Å². The van der Waals surface area contributed by atoms with Gasteiger partial charge in [-0.2, -0.15) is 23.0 Å². The van der Waals surface area contributed by atoms with Crippen LogP contribution in [0.15, 0.2) is 71.7 Å². The zero-order valence-electron chi connectivity index (χ0n) is 11.8. The molecule has 3 nitrogen and oxygen atoms in total. The summed E-state index contributed by atoms with van der Waals surface area (Å²) in [5.41, 5.74) is 1.08. The van der Waals surface area contributed by atoms with Gasteiger partial charge in [0.1, 0.15) is 0 Å². The molecule has 0 saturated carbocycles. The Hall–Kier alpha value is -2.89. The van der Waals surface area contributed by atoms with Crippen molar-refractivity contribution < 1.29 is 13.2 Å². The molecule has 1 heterocycles. The van der Waals surface area contributed by atoms with Crippen LogP contribution in [0.25, 0.3) is 16.8 Å². The normalized spacial score (nSPS) is 11.4. The van der Waals surface area contributed by atoms with Gasteiger partial charge in [-0.25, -0.2) is 0 Å². The molecule has 1 aromatic carbocycles. The van der Waals surface area contributed by atoms with Gasteiger partial charge in [0.15, 0.2) is 0 Å². The highest BCUT2D eigenvalue weighted by Gasteiger charge is 2.34. The Balaban J connectivity index is 0.000000213. The molecule has 0 fully saturated rings. The summed E-state index contributed by atoms with van der Waals surface area (Å²) in [5, 5.41) is 3.63. The van der Waals surface area contributed by atoms with E-state index in [1.807, 2.05) is 0 Å². The lowest BCUT2D eigenvalue weighted by atomic mass is 9.95. The summed E-state index contributed by atoms with van der Waals surface area (Å²) in [6, 6.07) is 15.8. The second-order valence-electron chi connectivity index (χ2n) is 4.87. The number of rotatable bonds is 1. The predicted molar refractivity (Wildman–Crippen MR) is 80.3 cm³/mol. The zero-order chi connectivity index (χ0) is 16.4. The van der Waals surface area contributed by atoms with Crippen molar-refractivity contribution in [1.82, 2.24) is 9.78 Å². The van der Waals surface area contributed by atoms with E-state index in [1.54, 1.807) is 0 Å². The van der Waals surface area contributed by atoms with Crippen molar-refractivity contribution in [3.8, 4) is 16.8 Å². The molecule has 0 spiro atoms. The molecule has 0 amide bonds. The molecule has 0 atom stereocenters. The number of benzene rings is 2. The highest BCUT2D eigenvalue weighted by molar-refractivity contribution is 5.75. The Bertz CT molecular complexity index is 862. The number of halogens is 3. The minimum absolute atomic E-state index is 0.273. The van der Waals surface area contributed by atoms with E-state index < -0.39 is 17.3 Å². The van der Waals surface area contributed by atoms with Gasteiger partial charge in [-0.1, -0.05) is 36.4 Å². The van der Waals surface area contributed by atoms with Gasteiger partial charge in [0, 0.05) is 12.3 Å². The fraction of sp³-hybridized carbons (Fsp3) is 0.0588. The van der Waals surface area contributed by atoms with E-state index in [4.69, 9.17) is 0 Å². The highest BCUT2D eigenvalue weighted by atomic mass is 19.4. The van der Waals surface area contributed by atoms with Crippen LogP contribution in [-0.4, -0.2) is 9.78 Å². The summed E-state index contributed by atoms with van der Waals surface area (Å²) in [6.07, 6.45) is -3.26. The Morgan fingerprint density at radius 1 is 0.826 bits per heavy atom. The Morgan fingerprint density at radius 2 is 1.43 bits per heavy atom. The summed E-state index contributed by atoms with van der Waals surface area (Å²) < 4.78 is 38.9. The number of para-hydroxylation sites is 1. The molecule has 0 unspecified atom stereocenters. The average Bonchev–Trinajstić information content (AvgIpc) is 2.51. The predicted octanol–water partition coefficient (Wildman–Crippen LogP) is 3.92. The Morgan fingerprint density at radius 3 is 1.91 bits per heavy atom. The van der Waals surface area contributed by atoms with Crippen LogP contribution in [0.2, 0.25) is 0 Å². The third kappa shape index (κ3) is 3.01. The first-order valence-corrected chi connectivity index (χ1v) is 6.78. The van der Waals surface area contributed by atoms with Crippen molar-refractivity contribution in [2.24, 2.45) is 0 Å². The topological polar surface area (TPSA) is 34.9 Å². The molecule has 116 valence electrons. The maximum Gasteiger partial charge on any atom is 0.418 e. The monoisotopic (exact) mass is 316 g/mol. The molecule has 0 aliphatic heterocycles. The third-order valence-electron chi connectivity index (χ3n) is 3.37. The number of aromatic nitrogens is 2. The minimum Gasteiger partial charge on any atom is -0.267 e. The van der Waals surface area contributed by atoms with Crippen LogP contribution >= 0.6 is 0 Å². The van der Waals surface area contributed by atoms with Gasteiger partial charge < -0.3 is 0 Å². The fourth-order valence-electron chi connectivity index (χ4n) is 2.10. The number of hydrogen-bond acceptors (Lipinski definition) is 2. The molecule has 0 radical (unpaired) electrons. The lowest BCUT2D eigenvalue weighted by Crippen LogP contribution is -2.22. The lowest BCUT2D eigenvalue weighted by Gasteiger charge is -2.12. The van der Waals surface area contributed by atoms with E-state index >= 15 is 0 Å². The van der Waals surface area contributed by atoms with E-state index in [2.05, 4.69) is 29.4 Å².